The summed E-state index contributed by atoms with van der Waals surface area (Å²) in [6.45, 7) is 3.42. The molecule has 0 unspecified atom stereocenters. The minimum absolute atomic E-state index is 0.147. The maximum atomic E-state index is 13.9. The summed E-state index contributed by atoms with van der Waals surface area (Å²) in [7, 11) is 1.58. The lowest BCUT2D eigenvalue weighted by molar-refractivity contribution is -0.148. The van der Waals surface area contributed by atoms with E-state index in [0.717, 1.165) is 5.56 Å². The number of carbonyl (C=O) groups excluding carboxylic acids is 3. The Labute approximate surface area is 250 Å². The van der Waals surface area contributed by atoms with Crippen LogP contribution in [0.25, 0.3) is 0 Å². The number of aromatic hydroxyl groups is 1. The van der Waals surface area contributed by atoms with Crippen LogP contribution < -0.4 is 5.32 Å². The van der Waals surface area contributed by atoms with E-state index in [4.69, 9.17) is 14.2 Å². The SMILES string of the molecule is COCc1cn([C@H]2C[C@H]3C(=O)NCCOCCOCC(=O)N(C4CCN(Cc5ccccc5O)CC4)CC(=O)N3C2)nn1. The number of likely N-dealkylation sites (tertiary alicyclic amines) is 1. The highest BCUT2D eigenvalue weighted by molar-refractivity contribution is 5.91. The molecule has 14 heteroatoms. The summed E-state index contributed by atoms with van der Waals surface area (Å²) in [6, 6.07) is 6.15. The van der Waals surface area contributed by atoms with E-state index in [-0.39, 0.29) is 61.9 Å². The van der Waals surface area contributed by atoms with Gasteiger partial charge in [-0.15, -0.1) is 5.10 Å². The summed E-state index contributed by atoms with van der Waals surface area (Å²) in [5.41, 5.74) is 1.51. The van der Waals surface area contributed by atoms with Crippen LogP contribution >= 0.6 is 0 Å². The molecule has 2 N–H and O–H groups in total. The van der Waals surface area contributed by atoms with Gasteiger partial charge in [0.25, 0.3) is 0 Å². The van der Waals surface area contributed by atoms with E-state index in [2.05, 4.69) is 20.5 Å². The summed E-state index contributed by atoms with van der Waals surface area (Å²) in [4.78, 5) is 46.0. The van der Waals surface area contributed by atoms with E-state index in [1.54, 1.807) is 39.9 Å². The number of rotatable bonds is 6. The maximum Gasteiger partial charge on any atom is 0.249 e. The van der Waals surface area contributed by atoms with Gasteiger partial charge in [-0.1, -0.05) is 23.4 Å². The van der Waals surface area contributed by atoms with Crippen LogP contribution in [-0.2, 0) is 41.7 Å². The Morgan fingerprint density at radius 1 is 1.02 bits per heavy atom. The van der Waals surface area contributed by atoms with Crippen LogP contribution in [0, 0.1) is 0 Å². The molecule has 2 atom stereocenters. The van der Waals surface area contributed by atoms with Gasteiger partial charge in [-0.25, -0.2) is 4.68 Å². The van der Waals surface area contributed by atoms with Crippen molar-refractivity contribution in [3.63, 3.8) is 0 Å². The normalized spacial score (nSPS) is 24.0. The summed E-state index contributed by atoms with van der Waals surface area (Å²) >= 11 is 0. The highest BCUT2D eigenvalue weighted by Crippen LogP contribution is 2.29. The summed E-state index contributed by atoms with van der Waals surface area (Å²) in [5, 5.41) is 21.4. The van der Waals surface area contributed by atoms with Gasteiger partial charge in [-0.2, -0.15) is 0 Å². The number of nitrogens with one attached hydrogen (secondary N) is 1. The average Bonchev–Trinajstić information content (AvgIpc) is 3.66. The van der Waals surface area contributed by atoms with Crippen LogP contribution in [0.2, 0.25) is 0 Å². The number of phenolic OH excluding ortho intramolecular Hbond substituents is 1. The molecule has 3 aliphatic rings. The van der Waals surface area contributed by atoms with Crippen LogP contribution in [0.4, 0.5) is 0 Å². The molecule has 3 aliphatic heterocycles. The van der Waals surface area contributed by atoms with E-state index in [1.165, 1.54) is 0 Å². The zero-order chi connectivity index (χ0) is 30.2. The van der Waals surface area contributed by atoms with E-state index >= 15 is 0 Å². The lowest BCUT2D eigenvalue weighted by Crippen LogP contribution is -2.54. The molecular weight excluding hydrogens is 558 g/mol. The molecule has 5 rings (SSSR count). The zero-order valence-electron chi connectivity index (χ0n) is 24.6. The number of carbonyl (C=O) groups is 3. The molecule has 0 aliphatic carbocycles. The molecule has 3 fully saturated rings. The first kappa shape index (κ1) is 30.9. The molecule has 1 aromatic carbocycles. The van der Waals surface area contributed by atoms with Crippen LogP contribution in [0.15, 0.2) is 30.5 Å². The maximum absolute atomic E-state index is 13.9. The molecule has 3 amide bonds. The molecule has 0 spiro atoms. The van der Waals surface area contributed by atoms with Gasteiger partial charge in [-0.05, 0) is 18.9 Å². The van der Waals surface area contributed by atoms with Crippen molar-refractivity contribution in [1.82, 2.24) is 35.0 Å². The minimum atomic E-state index is -0.716. The predicted molar refractivity (Wildman–Crippen MR) is 153 cm³/mol. The highest BCUT2D eigenvalue weighted by Gasteiger charge is 2.42. The van der Waals surface area contributed by atoms with Crippen LogP contribution in [0.3, 0.4) is 0 Å². The summed E-state index contributed by atoms with van der Waals surface area (Å²) in [5.74, 6) is -0.561. The van der Waals surface area contributed by atoms with Crippen LogP contribution in [0.1, 0.15) is 36.6 Å². The second kappa shape index (κ2) is 14.7. The van der Waals surface area contributed by atoms with Crippen molar-refractivity contribution in [2.24, 2.45) is 0 Å². The smallest absolute Gasteiger partial charge is 0.249 e. The number of hydrogen-bond donors (Lipinski definition) is 2. The monoisotopic (exact) mass is 599 g/mol. The lowest BCUT2D eigenvalue weighted by atomic mass is 10.0. The first-order valence-corrected chi connectivity index (χ1v) is 14.8. The molecular formula is C29H41N7O7. The number of phenols is 1. The number of ether oxygens (including phenoxy) is 3. The Morgan fingerprint density at radius 3 is 2.60 bits per heavy atom. The van der Waals surface area contributed by atoms with Gasteiger partial charge in [0.05, 0.1) is 38.7 Å². The fourth-order valence-corrected chi connectivity index (χ4v) is 5.99. The van der Waals surface area contributed by atoms with E-state index in [0.29, 0.717) is 71.0 Å². The van der Waals surface area contributed by atoms with Gasteiger partial charge in [0.1, 0.15) is 30.6 Å². The molecule has 4 heterocycles. The quantitative estimate of drug-likeness (QED) is 0.462. The predicted octanol–water partition coefficient (Wildman–Crippen LogP) is -0.0717. The highest BCUT2D eigenvalue weighted by atomic mass is 16.5. The van der Waals surface area contributed by atoms with E-state index in [9.17, 15) is 19.5 Å². The second-order valence-corrected chi connectivity index (χ2v) is 11.2. The molecule has 1 aromatic heterocycles. The molecule has 0 radical (unpaired) electrons. The first-order valence-electron chi connectivity index (χ1n) is 14.8. The van der Waals surface area contributed by atoms with Gasteiger partial charge in [0, 0.05) is 57.9 Å². The third-order valence-electron chi connectivity index (χ3n) is 8.28. The third kappa shape index (κ3) is 7.88. The Balaban J connectivity index is 1.30. The van der Waals surface area contributed by atoms with Gasteiger partial charge < -0.3 is 34.4 Å². The number of para-hydroxylation sites is 1. The molecule has 14 nitrogen and oxygen atoms in total. The fraction of sp³-hybridized carbons (Fsp3) is 0.621. The summed E-state index contributed by atoms with van der Waals surface area (Å²) < 4.78 is 18.0. The Bertz CT molecular complexity index is 1250. The molecule has 234 valence electrons. The topological polar surface area (TPSA) is 152 Å². The van der Waals surface area contributed by atoms with Gasteiger partial charge in [0.2, 0.25) is 17.7 Å². The lowest BCUT2D eigenvalue weighted by Gasteiger charge is -2.39. The standard InChI is InChI=1S/C29H41N7O7/c1-41-19-22-16-36(32-31-22)24-14-25-29(40)30-8-11-42-12-13-43-20-28(39)34(18-27(38)35(25)17-24)23-6-9-33(10-7-23)15-21-4-2-3-5-26(21)37/h2-5,16,23-25,37H,6-15,17-20H2,1H3,(H,30,40)/t24-,25-/m0/s1. The van der Waals surface area contributed by atoms with Crippen molar-refractivity contribution < 1.29 is 33.7 Å². The Kier molecular flexibility index (Phi) is 10.6. The van der Waals surface area contributed by atoms with Crippen molar-refractivity contribution in [1.29, 1.82) is 0 Å². The fourth-order valence-electron chi connectivity index (χ4n) is 5.99. The Hall–Kier alpha value is -3.59. The summed E-state index contributed by atoms with van der Waals surface area (Å²) in [6.07, 6.45) is 3.48. The van der Waals surface area contributed by atoms with E-state index < -0.39 is 6.04 Å². The van der Waals surface area contributed by atoms with Gasteiger partial charge in [-0.3, -0.25) is 19.3 Å². The molecule has 0 bridgehead atoms. The number of benzene rings is 1. The zero-order valence-corrected chi connectivity index (χ0v) is 24.6. The van der Waals surface area contributed by atoms with Crippen molar-refractivity contribution in [2.45, 2.75) is 50.5 Å². The van der Waals surface area contributed by atoms with Gasteiger partial charge >= 0.3 is 0 Å². The van der Waals surface area contributed by atoms with Crippen molar-refractivity contribution in [2.75, 3.05) is 66.3 Å². The third-order valence-corrected chi connectivity index (χ3v) is 8.28. The van der Waals surface area contributed by atoms with Crippen LogP contribution in [0.5, 0.6) is 5.75 Å². The molecule has 43 heavy (non-hydrogen) atoms. The number of aromatic nitrogens is 3. The minimum Gasteiger partial charge on any atom is -0.508 e. The van der Waals surface area contributed by atoms with Crippen molar-refractivity contribution in [3.8, 4) is 5.75 Å². The Morgan fingerprint density at radius 2 is 1.81 bits per heavy atom. The molecule has 3 saturated heterocycles. The first-order chi connectivity index (χ1) is 20.9. The van der Waals surface area contributed by atoms with E-state index in [1.807, 2.05) is 12.1 Å². The second-order valence-electron chi connectivity index (χ2n) is 11.2. The average molecular weight is 600 g/mol. The van der Waals surface area contributed by atoms with Crippen molar-refractivity contribution >= 4 is 17.7 Å². The number of piperidine rings is 1. The molecule has 0 saturated carbocycles. The molecule has 2 aromatic rings. The number of methoxy groups -OCH3 is 1. The largest absolute Gasteiger partial charge is 0.508 e. The van der Waals surface area contributed by atoms with Gasteiger partial charge in [0.15, 0.2) is 0 Å². The number of fused-ring (bicyclic) bond motifs is 1. The number of nitrogens with zero attached hydrogens (tertiary/aromatic N) is 6. The van der Waals surface area contributed by atoms with Crippen LogP contribution in [-0.4, -0.2) is 131 Å². The number of amides is 3. The van der Waals surface area contributed by atoms with Crippen molar-refractivity contribution in [3.05, 3.63) is 41.7 Å². The number of hydrogen-bond acceptors (Lipinski definition) is 10.